The number of carboxylic acids is 1. The van der Waals surface area contributed by atoms with Crippen LogP contribution in [0.4, 0.5) is 0 Å². The van der Waals surface area contributed by atoms with Crippen molar-refractivity contribution in [2.75, 3.05) is 0 Å². The van der Waals surface area contributed by atoms with E-state index in [1.54, 1.807) is 19.2 Å². The Morgan fingerprint density at radius 1 is 1.50 bits per heavy atom. The maximum atomic E-state index is 12.1. The number of carboxylic acid groups (broad SMARTS) is 1. The normalized spacial score (nSPS) is 11.5. The molecule has 2 aromatic rings. The van der Waals surface area contributed by atoms with Gasteiger partial charge in [-0.2, -0.15) is 0 Å². The average molecular weight is 295 g/mol. The van der Waals surface area contributed by atoms with Gasteiger partial charge < -0.3 is 10.4 Å². The van der Waals surface area contributed by atoms with Crippen LogP contribution < -0.4 is 10.9 Å². The molecule has 0 aliphatic carbocycles. The number of fused-ring (bicyclic) bond motifs is 1. The zero-order valence-corrected chi connectivity index (χ0v) is 11.7. The highest BCUT2D eigenvalue weighted by Crippen LogP contribution is 2.10. The van der Waals surface area contributed by atoms with Crippen molar-refractivity contribution < 1.29 is 14.7 Å². The molecule has 8 heteroatoms. The quantitative estimate of drug-likeness (QED) is 0.866. The van der Waals surface area contributed by atoms with Crippen molar-refractivity contribution in [1.29, 1.82) is 0 Å². The third-order valence-electron chi connectivity index (χ3n) is 2.63. The number of rotatable bonds is 4. The third-order valence-corrected chi connectivity index (χ3v) is 3.40. The minimum Gasteiger partial charge on any atom is -0.481 e. The molecule has 0 aliphatic heterocycles. The van der Waals surface area contributed by atoms with Crippen molar-refractivity contribution in [1.82, 2.24) is 14.7 Å². The Balaban J connectivity index is 2.30. The van der Waals surface area contributed by atoms with Crippen molar-refractivity contribution in [3.8, 4) is 0 Å². The van der Waals surface area contributed by atoms with Crippen LogP contribution in [0.1, 0.15) is 30.6 Å². The van der Waals surface area contributed by atoms with Crippen molar-refractivity contribution in [2.24, 2.45) is 0 Å². The van der Waals surface area contributed by atoms with Crippen molar-refractivity contribution in [2.45, 2.75) is 25.8 Å². The van der Waals surface area contributed by atoms with E-state index in [9.17, 15) is 14.4 Å². The van der Waals surface area contributed by atoms with Gasteiger partial charge in [-0.05, 0) is 13.8 Å². The van der Waals surface area contributed by atoms with E-state index in [2.05, 4.69) is 10.3 Å². The molecule has 106 valence electrons. The second-order valence-corrected chi connectivity index (χ2v) is 5.81. The summed E-state index contributed by atoms with van der Waals surface area (Å²) in [6, 6.07) is 0. The SMILES string of the molecule is CC(C)(CC(=O)O)NC(=O)c1cnc2sccn2c1=O. The summed E-state index contributed by atoms with van der Waals surface area (Å²) in [5.74, 6) is -1.66. The molecule has 0 bridgehead atoms. The molecule has 0 fully saturated rings. The van der Waals surface area contributed by atoms with Gasteiger partial charge in [-0.3, -0.25) is 18.8 Å². The van der Waals surface area contributed by atoms with Crippen LogP contribution in [0.25, 0.3) is 4.96 Å². The van der Waals surface area contributed by atoms with E-state index in [0.717, 1.165) is 0 Å². The molecule has 0 spiro atoms. The fraction of sp³-hybridized carbons (Fsp3) is 0.333. The van der Waals surface area contributed by atoms with Crippen LogP contribution in [0.3, 0.4) is 0 Å². The number of amides is 1. The van der Waals surface area contributed by atoms with Gasteiger partial charge in [-0.15, -0.1) is 11.3 Å². The maximum absolute atomic E-state index is 12.1. The lowest BCUT2D eigenvalue weighted by atomic mass is 10.0. The Hall–Kier alpha value is -2.22. The van der Waals surface area contributed by atoms with Gasteiger partial charge in [0.15, 0.2) is 4.96 Å². The standard InChI is InChI=1S/C12H13N3O4S/c1-12(2,5-8(16)17)14-9(18)7-6-13-11-15(10(7)19)3-4-20-11/h3-4,6H,5H2,1-2H3,(H,14,18)(H,16,17). The average Bonchev–Trinajstić information content (AvgIpc) is 2.75. The van der Waals surface area contributed by atoms with Crippen LogP contribution in [0.2, 0.25) is 0 Å². The fourth-order valence-electron chi connectivity index (χ4n) is 1.78. The Labute approximate surface area is 117 Å². The summed E-state index contributed by atoms with van der Waals surface area (Å²) in [6.45, 7) is 3.15. The predicted molar refractivity (Wildman–Crippen MR) is 73.1 cm³/mol. The first-order valence-electron chi connectivity index (χ1n) is 5.79. The Morgan fingerprint density at radius 3 is 2.85 bits per heavy atom. The second-order valence-electron chi connectivity index (χ2n) is 4.94. The summed E-state index contributed by atoms with van der Waals surface area (Å²) in [7, 11) is 0. The molecule has 0 unspecified atom stereocenters. The van der Waals surface area contributed by atoms with Crippen LogP contribution in [0.5, 0.6) is 0 Å². The largest absolute Gasteiger partial charge is 0.481 e. The molecule has 7 nitrogen and oxygen atoms in total. The van der Waals surface area contributed by atoms with Crippen LogP contribution in [0, 0.1) is 0 Å². The highest BCUT2D eigenvalue weighted by Gasteiger charge is 2.26. The van der Waals surface area contributed by atoms with Crippen molar-refractivity contribution in [3.05, 3.63) is 33.7 Å². The number of thiazole rings is 1. The topological polar surface area (TPSA) is 101 Å². The van der Waals surface area contributed by atoms with Gasteiger partial charge in [-0.1, -0.05) is 0 Å². The number of hydrogen-bond donors (Lipinski definition) is 2. The summed E-state index contributed by atoms with van der Waals surface area (Å²) < 4.78 is 1.28. The van der Waals surface area contributed by atoms with Crippen LogP contribution in [-0.2, 0) is 4.79 Å². The molecule has 0 saturated carbocycles. The van der Waals surface area contributed by atoms with Gasteiger partial charge in [0.05, 0.1) is 6.42 Å². The smallest absolute Gasteiger partial charge is 0.305 e. The molecule has 0 radical (unpaired) electrons. The number of carbonyl (C=O) groups is 2. The number of nitrogens with one attached hydrogen (secondary N) is 1. The Morgan fingerprint density at radius 2 is 2.20 bits per heavy atom. The van der Waals surface area contributed by atoms with Crippen molar-refractivity contribution >= 4 is 28.2 Å². The second kappa shape index (κ2) is 5.04. The molecule has 2 N–H and O–H groups in total. The molecule has 2 aromatic heterocycles. The van der Waals surface area contributed by atoms with Gasteiger partial charge in [0.25, 0.3) is 11.5 Å². The summed E-state index contributed by atoms with van der Waals surface area (Å²) in [5.41, 5.74) is -1.54. The first-order chi connectivity index (χ1) is 9.30. The summed E-state index contributed by atoms with van der Waals surface area (Å²) in [5, 5.41) is 13.0. The van der Waals surface area contributed by atoms with Crippen LogP contribution in [-0.4, -0.2) is 31.9 Å². The minimum atomic E-state index is -1.03. The zero-order chi connectivity index (χ0) is 14.9. The first-order valence-corrected chi connectivity index (χ1v) is 6.67. The molecular weight excluding hydrogens is 282 g/mol. The van der Waals surface area contributed by atoms with E-state index in [0.29, 0.717) is 4.96 Å². The lowest BCUT2D eigenvalue weighted by Crippen LogP contribution is -2.46. The number of hydrogen-bond acceptors (Lipinski definition) is 5. The maximum Gasteiger partial charge on any atom is 0.305 e. The van der Waals surface area contributed by atoms with Gasteiger partial charge in [0, 0.05) is 23.3 Å². The fourth-order valence-corrected chi connectivity index (χ4v) is 2.45. The molecule has 2 heterocycles. The van der Waals surface area contributed by atoms with E-state index in [1.807, 2.05) is 0 Å². The summed E-state index contributed by atoms with van der Waals surface area (Å²) in [6.07, 6.45) is 2.50. The zero-order valence-electron chi connectivity index (χ0n) is 10.9. The lowest BCUT2D eigenvalue weighted by molar-refractivity contribution is -0.138. The van der Waals surface area contributed by atoms with Gasteiger partial charge >= 0.3 is 5.97 Å². The van der Waals surface area contributed by atoms with Crippen LogP contribution in [0.15, 0.2) is 22.6 Å². The summed E-state index contributed by atoms with van der Waals surface area (Å²) in [4.78, 5) is 39.4. The monoisotopic (exact) mass is 295 g/mol. The van der Waals surface area contributed by atoms with E-state index in [-0.39, 0.29) is 12.0 Å². The Kier molecular flexibility index (Phi) is 3.58. The van der Waals surface area contributed by atoms with Gasteiger partial charge in [0.2, 0.25) is 0 Å². The van der Waals surface area contributed by atoms with Crippen LogP contribution >= 0.6 is 11.3 Å². The Bertz CT molecular complexity index is 732. The van der Waals surface area contributed by atoms with Crippen molar-refractivity contribution in [3.63, 3.8) is 0 Å². The predicted octanol–water partition coefficient (Wildman–Crippen LogP) is 0.739. The number of carbonyl (C=O) groups excluding carboxylic acids is 1. The van der Waals surface area contributed by atoms with E-state index in [1.165, 1.54) is 28.1 Å². The molecule has 0 saturated heterocycles. The minimum absolute atomic E-state index is 0.112. The van der Waals surface area contributed by atoms with E-state index >= 15 is 0 Å². The first kappa shape index (κ1) is 14.2. The van der Waals surface area contributed by atoms with E-state index in [4.69, 9.17) is 5.11 Å². The molecule has 0 atom stereocenters. The molecule has 0 aromatic carbocycles. The number of nitrogens with zero attached hydrogens (tertiary/aromatic N) is 2. The third kappa shape index (κ3) is 2.85. The number of aromatic nitrogens is 2. The highest BCUT2D eigenvalue weighted by molar-refractivity contribution is 7.15. The van der Waals surface area contributed by atoms with E-state index < -0.39 is 23.0 Å². The lowest BCUT2D eigenvalue weighted by Gasteiger charge is -2.23. The number of aliphatic carboxylic acids is 1. The molecule has 20 heavy (non-hydrogen) atoms. The van der Waals surface area contributed by atoms with Gasteiger partial charge in [0.1, 0.15) is 5.56 Å². The highest BCUT2D eigenvalue weighted by atomic mass is 32.1. The molecule has 0 aliphatic rings. The summed E-state index contributed by atoms with van der Waals surface area (Å²) >= 11 is 1.29. The molecule has 1 amide bonds. The molecule has 2 rings (SSSR count). The van der Waals surface area contributed by atoms with Gasteiger partial charge in [-0.25, -0.2) is 4.98 Å². The molecular formula is C12H13N3O4S.